The molecule has 3 aromatic rings. The fourth-order valence-electron chi connectivity index (χ4n) is 4.82. The highest BCUT2D eigenvalue weighted by Crippen LogP contribution is 2.48. The van der Waals surface area contributed by atoms with Gasteiger partial charge < -0.3 is 9.47 Å². The molecule has 168 valence electrons. The van der Waals surface area contributed by atoms with E-state index in [1.54, 1.807) is 23.5 Å². The van der Waals surface area contributed by atoms with Crippen molar-refractivity contribution < 1.29 is 19.1 Å². The van der Waals surface area contributed by atoms with Crippen molar-refractivity contribution in [1.82, 2.24) is 9.38 Å². The largest absolute Gasteiger partial charge is 0.427 e. The zero-order valence-corrected chi connectivity index (χ0v) is 19.5. The Bertz CT molecular complexity index is 1180. The average molecular weight is 453 g/mol. The third-order valence-corrected chi connectivity index (χ3v) is 7.22. The van der Waals surface area contributed by atoms with E-state index in [0.717, 1.165) is 47.6 Å². The minimum atomic E-state index is -0.437. The first-order valence-electron chi connectivity index (χ1n) is 10.9. The summed E-state index contributed by atoms with van der Waals surface area (Å²) in [5.41, 5.74) is 2.86. The number of esters is 2. The lowest BCUT2D eigenvalue weighted by molar-refractivity contribution is -0.132. The summed E-state index contributed by atoms with van der Waals surface area (Å²) < 4.78 is 12.7. The normalized spacial score (nSPS) is 20.4. The summed E-state index contributed by atoms with van der Waals surface area (Å²) in [4.78, 5) is 29.0. The quantitative estimate of drug-likeness (QED) is 0.252. The second-order valence-electron chi connectivity index (χ2n) is 8.51. The number of benzene rings is 1. The van der Waals surface area contributed by atoms with Crippen molar-refractivity contribution in [2.75, 3.05) is 0 Å². The summed E-state index contributed by atoms with van der Waals surface area (Å²) in [7, 11) is 0. The number of rotatable bonds is 7. The van der Waals surface area contributed by atoms with E-state index in [-0.39, 0.29) is 5.41 Å². The Kier molecular flexibility index (Phi) is 6.20. The second-order valence-corrected chi connectivity index (χ2v) is 9.35. The third-order valence-electron chi connectivity index (χ3n) is 6.38. The molecular formula is C25H28N2O4S. The molecule has 1 fully saturated rings. The fraction of sp³-hybridized carbons (Fsp3) is 0.400. The second kappa shape index (κ2) is 8.90. The number of ether oxygens (including phenoxy) is 2. The van der Waals surface area contributed by atoms with Gasteiger partial charge in [0.25, 0.3) is 0 Å². The lowest BCUT2D eigenvalue weighted by Crippen LogP contribution is -2.22. The van der Waals surface area contributed by atoms with Crippen LogP contribution < -0.4 is 9.47 Å². The number of thiazole rings is 1. The summed E-state index contributed by atoms with van der Waals surface area (Å²) in [6, 6.07) is 5.09. The monoisotopic (exact) mass is 452 g/mol. The van der Waals surface area contributed by atoms with E-state index >= 15 is 0 Å². The topological polar surface area (TPSA) is 69.9 Å². The van der Waals surface area contributed by atoms with Gasteiger partial charge in [0.05, 0.1) is 11.4 Å². The van der Waals surface area contributed by atoms with Gasteiger partial charge in [-0.15, -0.1) is 17.9 Å². The molecule has 4 rings (SSSR count). The van der Waals surface area contributed by atoms with Crippen LogP contribution in [0.15, 0.2) is 42.4 Å². The molecule has 1 aromatic carbocycles. The molecule has 0 aliphatic heterocycles. The van der Waals surface area contributed by atoms with Crippen LogP contribution in [0.5, 0.6) is 11.5 Å². The number of aromatic nitrogens is 2. The molecule has 32 heavy (non-hydrogen) atoms. The number of hydrogen-bond donors (Lipinski definition) is 0. The fourth-order valence-corrected chi connectivity index (χ4v) is 5.70. The molecule has 0 amide bonds. The van der Waals surface area contributed by atoms with Crippen LogP contribution in [0.4, 0.5) is 0 Å². The summed E-state index contributed by atoms with van der Waals surface area (Å²) in [6.07, 6.45) is 9.73. The average Bonchev–Trinajstić information content (AvgIpc) is 3.42. The Hall–Kier alpha value is -2.93. The zero-order chi connectivity index (χ0) is 22.9. The summed E-state index contributed by atoms with van der Waals surface area (Å²) >= 11 is 1.56. The van der Waals surface area contributed by atoms with Gasteiger partial charge in [-0.2, -0.15) is 0 Å². The van der Waals surface area contributed by atoms with Crippen LogP contribution in [0.3, 0.4) is 0 Å². The number of carbonyl (C=O) groups is 2. The van der Waals surface area contributed by atoms with Gasteiger partial charge >= 0.3 is 11.9 Å². The Balaban J connectivity index is 1.75. The number of carbonyl (C=O) groups excluding carboxylic acids is 2. The van der Waals surface area contributed by atoms with Crippen molar-refractivity contribution in [3.8, 4) is 22.8 Å². The van der Waals surface area contributed by atoms with Gasteiger partial charge in [-0.25, -0.2) is 4.98 Å². The van der Waals surface area contributed by atoms with Gasteiger partial charge in [-0.05, 0) is 50.2 Å². The highest BCUT2D eigenvalue weighted by molar-refractivity contribution is 7.15. The van der Waals surface area contributed by atoms with Crippen LogP contribution in [-0.2, 0) is 15.0 Å². The van der Waals surface area contributed by atoms with E-state index in [9.17, 15) is 9.59 Å². The first kappa shape index (κ1) is 22.3. The van der Waals surface area contributed by atoms with E-state index in [1.807, 2.05) is 17.5 Å². The molecular weight excluding hydrogens is 424 g/mol. The predicted octanol–water partition coefficient (Wildman–Crippen LogP) is 5.94. The van der Waals surface area contributed by atoms with Crippen LogP contribution in [0, 0.1) is 5.92 Å². The van der Waals surface area contributed by atoms with E-state index < -0.39 is 11.9 Å². The van der Waals surface area contributed by atoms with Crippen LogP contribution in [0.25, 0.3) is 16.2 Å². The number of hydrogen-bond acceptors (Lipinski definition) is 6. The zero-order valence-electron chi connectivity index (χ0n) is 18.7. The van der Waals surface area contributed by atoms with Crippen LogP contribution in [0.1, 0.15) is 58.6 Å². The van der Waals surface area contributed by atoms with Gasteiger partial charge in [0.2, 0.25) is 0 Å². The number of allylic oxidation sites excluding steroid dienone is 1. The van der Waals surface area contributed by atoms with Crippen molar-refractivity contribution in [2.45, 2.75) is 58.3 Å². The molecule has 2 heterocycles. The maximum absolute atomic E-state index is 11.7. The standard InChI is InChI=1S/C25H28N2O4S/c1-5-7-18-10-11-25(6-2,13-18)23-14-27-21(15-32-24(27)26-23)20-9-8-19(30-16(3)28)12-22(20)31-17(4)29/h5,8-9,12,14-15,18H,1,6-7,10-11,13H2,2-4H3. The smallest absolute Gasteiger partial charge is 0.308 e. The number of imidazole rings is 1. The maximum Gasteiger partial charge on any atom is 0.308 e. The molecule has 0 N–H and O–H groups in total. The highest BCUT2D eigenvalue weighted by atomic mass is 32.1. The van der Waals surface area contributed by atoms with E-state index in [1.165, 1.54) is 20.3 Å². The van der Waals surface area contributed by atoms with Crippen molar-refractivity contribution in [1.29, 1.82) is 0 Å². The first-order chi connectivity index (χ1) is 15.3. The van der Waals surface area contributed by atoms with Crippen LogP contribution in [0.2, 0.25) is 0 Å². The highest BCUT2D eigenvalue weighted by Gasteiger charge is 2.40. The molecule has 0 saturated heterocycles. The lowest BCUT2D eigenvalue weighted by Gasteiger charge is -2.25. The SMILES string of the molecule is C=CCC1CCC(CC)(c2cn3c(-c4ccc(OC(C)=O)cc4OC(C)=O)csc3n2)C1. The molecule has 0 bridgehead atoms. The summed E-state index contributed by atoms with van der Waals surface area (Å²) in [5.74, 6) is 0.479. The summed E-state index contributed by atoms with van der Waals surface area (Å²) in [5, 5.41) is 2.01. The van der Waals surface area contributed by atoms with E-state index in [2.05, 4.69) is 24.1 Å². The Morgan fingerprint density at radius 3 is 2.78 bits per heavy atom. The predicted molar refractivity (Wildman–Crippen MR) is 125 cm³/mol. The molecule has 0 spiro atoms. The molecule has 1 saturated carbocycles. The lowest BCUT2D eigenvalue weighted by atomic mass is 9.79. The van der Waals surface area contributed by atoms with Gasteiger partial charge in [0.1, 0.15) is 11.5 Å². The van der Waals surface area contributed by atoms with E-state index in [0.29, 0.717) is 17.4 Å². The Morgan fingerprint density at radius 1 is 1.31 bits per heavy atom. The van der Waals surface area contributed by atoms with Crippen molar-refractivity contribution in [2.24, 2.45) is 5.92 Å². The molecule has 2 atom stereocenters. The van der Waals surface area contributed by atoms with Crippen molar-refractivity contribution in [3.05, 3.63) is 48.1 Å². The minimum absolute atomic E-state index is 0.0919. The van der Waals surface area contributed by atoms with Crippen molar-refractivity contribution in [3.63, 3.8) is 0 Å². The Labute approximate surface area is 191 Å². The van der Waals surface area contributed by atoms with Crippen LogP contribution in [-0.4, -0.2) is 21.3 Å². The molecule has 0 radical (unpaired) electrons. The molecule has 1 aliphatic carbocycles. The van der Waals surface area contributed by atoms with Gasteiger partial charge in [0.15, 0.2) is 4.96 Å². The molecule has 2 unspecified atom stereocenters. The molecule has 7 heteroatoms. The summed E-state index contributed by atoms with van der Waals surface area (Å²) in [6.45, 7) is 8.85. The maximum atomic E-state index is 11.7. The number of fused-ring (bicyclic) bond motifs is 1. The Morgan fingerprint density at radius 2 is 2.09 bits per heavy atom. The van der Waals surface area contributed by atoms with Crippen LogP contribution >= 0.6 is 11.3 Å². The third kappa shape index (κ3) is 4.21. The van der Waals surface area contributed by atoms with Gasteiger partial charge in [-0.3, -0.25) is 14.0 Å². The minimum Gasteiger partial charge on any atom is -0.427 e. The number of nitrogens with zero attached hydrogens (tertiary/aromatic N) is 2. The molecule has 6 nitrogen and oxygen atoms in total. The first-order valence-corrected chi connectivity index (χ1v) is 11.8. The van der Waals surface area contributed by atoms with Gasteiger partial charge in [-0.1, -0.05) is 13.0 Å². The van der Waals surface area contributed by atoms with E-state index in [4.69, 9.17) is 14.5 Å². The van der Waals surface area contributed by atoms with Gasteiger partial charge in [0, 0.05) is 42.5 Å². The molecule has 1 aliphatic rings. The molecule has 2 aromatic heterocycles. The van der Waals surface area contributed by atoms with Crippen molar-refractivity contribution >= 4 is 28.2 Å².